The van der Waals surface area contributed by atoms with Crippen LogP contribution in [0.25, 0.3) is 0 Å². The molecular weight excluding hydrogens is 284 g/mol. The van der Waals surface area contributed by atoms with Crippen LogP contribution >= 0.6 is 0 Å². The van der Waals surface area contributed by atoms with Gasteiger partial charge >= 0.3 is 0 Å². The molecule has 5 atom stereocenters. The monoisotopic (exact) mass is 324 g/mol. The van der Waals surface area contributed by atoms with Crippen LogP contribution in [0.3, 0.4) is 0 Å². The lowest BCUT2D eigenvalue weighted by atomic mass is 9.81. The minimum atomic E-state index is 0.769. The Hall–Kier alpha value is -0.120. The maximum absolute atomic E-state index is 5.22. The molecule has 136 valence electrons. The molecule has 2 aliphatic heterocycles. The smallest absolute Gasteiger partial charge is 0.0589 e. The van der Waals surface area contributed by atoms with E-state index in [9.17, 15) is 0 Å². The predicted octanol–water partition coefficient (Wildman–Crippen LogP) is 3.88. The largest absolute Gasteiger partial charge is 0.383 e. The summed E-state index contributed by atoms with van der Waals surface area (Å²) in [4.78, 5) is 5.25. The highest BCUT2D eigenvalue weighted by Crippen LogP contribution is 2.33. The summed E-state index contributed by atoms with van der Waals surface area (Å²) in [6.07, 6.45) is 8.37. The molecule has 0 bridgehead atoms. The molecule has 2 saturated heterocycles. The maximum atomic E-state index is 5.22. The van der Waals surface area contributed by atoms with Crippen molar-refractivity contribution in [3.05, 3.63) is 0 Å². The highest BCUT2D eigenvalue weighted by atomic mass is 16.5. The van der Waals surface area contributed by atoms with Crippen LogP contribution in [0.2, 0.25) is 0 Å². The lowest BCUT2D eigenvalue weighted by Gasteiger charge is -2.42. The molecule has 0 aromatic rings. The van der Waals surface area contributed by atoms with Crippen molar-refractivity contribution < 1.29 is 4.74 Å². The molecular formula is C20H40N2O. The van der Waals surface area contributed by atoms with Gasteiger partial charge in [-0.1, -0.05) is 20.3 Å². The Labute approximate surface area is 144 Å². The average molecular weight is 325 g/mol. The van der Waals surface area contributed by atoms with Crippen molar-refractivity contribution in [3.63, 3.8) is 0 Å². The molecule has 0 spiro atoms. The van der Waals surface area contributed by atoms with Crippen LogP contribution in [0.1, 0.15) is 59.3 Å². The second kappa shape index (κ2) is 9.39. The summed E-state index contributed by atoms with van der Waals surface area (Å²) in [7, 11) is 4.16. The van der Waals surface area contributed by atoms with Gasteiger partial charge in [0.05, 0.1) is 6.61 Å². The second-order valence-corrected chi connectivity index (χ2v) is 8.31. The Morgan fingerprint density at radius 3 is 2.74 bits per heavy atom. The molecule has 2 rings (SSSR count). The fraction of sp³-hybridized carbons (Fsp3) is 1.00. The van der Waals surface area contributed by atoms with Crippen LogP contribution in [-0.2, 0) is 4.74 Å². The van der Waals surface area contributed by atoms with Gasteiger partial charge in [-0.05, 0) is 70.4 Å². The van der Waals surface area contributed by atoms with Gasteiger partial charge in [-0.25, -0.2) is 0 Å². The minimum absolute atomic E-state index is 0.769. The topological polar surface area (TPSA) is 15.7 Å². The van der Waals surface area contributed by atoms with Gasteiger partial charge in [-0.3, -0.25) is 0 Å². The first-order chi connectivity index (χ1) is 11.0. The van der Waals surface area contributed by atoms with E-state index in [-0.39, 0.29) is 0 Å². The van der Waals surface area contributed by atoms with Crippen LogP contribution in [0, 0.1) is 17.8 Å². The van der Waals surface area contributed by atoms with Gasteiger partial charge < -0.3 is 14.5 Å². The summed E-state index contributed by atoms with van der Waals surface area (Å²) in [6.45, 7) is 11.8. The van der Waals surface area contributed by atoms with E-state index >= 15 is 0 Å². The van der Waals surface area contributed by atoms with Crippen LogP contribution < -0.4 is 0 Å². The van der Waals surface area contributed by atoms with Crippen molar-refractivity contribution in [2.24, 2.45) is 17.8 Å². The lowest BCUT2D eigenvalue weighted by molar-refractivity contribution is 0.0747. The zero-order valence-corrected chi connectivity index (χ0v) is 16.3. The first-order valence-electron chi connectivity index (χ1n) is 9.98. The van der Waals surface area contributed by atoms with Crippen LogP contribution in [0.15, 0.2) is 0 Å². The molecule has 0 amide bonds. The molecule has 0 saturated carbocycles. The number of piperidine rings is 1. The van der Waals surface area contributed by atoms with Crippen molar-refractivity contribution in [1.82, 2.24) is 9.80 Å². The van der Waals surface area contributed by atoms with E-state index in [0.717, 1.165) is 43.0 Å². The summed E-state index contributed by atoms with van der Waals surface area (Å²) >= 11 is 0. The van der Waals surface area contributed by atoms with E-state index in [1.54, 1.807) is 7.11 Å². The molecule has 0 aromatic heterocycles. The number of rotatable bonds is 8. The Morgan fingerprint density at radius 1 is 1.26 bits per heavy atom. The summed E-state index contributed by atoms with van der Waals surface area (Å²) in [5.41, 5.74) is 0. The van der Waals surface area contributed by atoms with Crippen LogP contribution in [0.4, 0.5) is 0 Å². The van der Waals surface area contributed by atoms with E-state index in [2.05, 4.69) is 37.6 Å². The minimum Gasteiger partial charge on any atom is -0.383 e. The van der Waals surface area contributed by atoms with Gasteiger partial charge in [0, 0.05) is 32.3 Å². The Kier molecular flexibility index (Phi) is 7.84. The van der Waals surface area contributed by atoms with Gasteiger partial charge in [0.1, 0.15) is 0 Å². The Bertz CT molecular complexity index is 336. The molecule has 3 nitrogen and oxygen atoms in total. The molecule has 2 fully saturated rings. The third kappa shape index (κ3) is 5.44. The zero-order valence-electron chi connectivity index (χ0n) is 16.3. The number of nitrogens with zero attached hydrogens (tertiary/aromatic N) is 2. The number of ether oxygens (including phenoxy) is 1. The first-order valence-corrected chi connectivity index (χ1v) is 9.98. The van der Waals surface area contributed by atoms with E-state index in [1.807, 2.05) is 0 Å². The van der Waals surface area contributed by atoms with Gasteiger partial charge in [0.15, 0.2) is 0 Å². The standard InChI is InChI=1S/C20H40N2O/c1-6-18-13-17(3)21(4)20(14-18)8-7-16(2)19-9-10-22(15-19)11-12-23-5/h16-20H,6-15H2,1-5H3/t16?,17-,18?,19?,20+/m0/s1. The van der Waals surface area contributed by atoms with E-state index in [4.69, 9.17) is 4.74 Å². The second-order valence-electron chi connectivity index (χ2n) is 8.31. The van der Waals surface area contributed by atoms with Crippen molar-refractivity contribution >= 4 is 0 Å². The molecule has 2 aliphatic rings. The molecule has 0 aliphatic carbocycles. The number of hydrogen-bond acceptors (Lipinski definition) is 3. The zero-order chi connectivity index (χ0) is 16.8. The highest BCUT2D eigenvalue weighted by molar-refractivity contribution is 4.86. The molecule has 0 aromatic carbocycles. The molecule has 23 heavy (non-hydrogen) atoms. The molecule has 0 N–H and O–H groups in total. The maximum Gasteiger partial charge on any atom is 0.0589 e. The summed E-state index contributed by atoms with van der Waals surface area (Å²) < 4.78 is 5.22. The summed E-state index contributed by atoms with van der Waals surface area (Å²) in [6, 6.07) is 1.59. The number of hydrogen-bond donors (Lipinski definition) is 0. The first kappa shape index (κ1) is 19.2. The summed E-state index contributed by atoms with van der Waals surface area (Å²) in [5, 5.41) is 0. The van der Waals surface area contributed by atoms with Crippen LogP contribution in [-0.4, -0.2) is 62.3 Å². The van der Waals surface area contributed by atoms with Gasteiger partial charge in [-0.2, -0.15) is 0 Å². The normalized spacial score (nSPS) is 34.8. The fourth-order valence-corrected chi connectivity index (χ4v) is 4.75. The van der Waals surface area contributed by atoms with Gasteiger partial charge in [0.2, 0.25) is 0 Å². The third-order valence-electron chi connectivity index (χ3n) is 6.81. The van der Waals surface area contributed by atoms with Crippen molar-refractivity contribution in [1.29, 1.82) is 0 Å². The van der Waals surface area contributed by atoms with Crippen molar-refractivity contribution in [3.8, 4) is 0 Å². The Balaban J connectivity index is 1.74. The number of likely N-dealkylation sites (tertiary alicyclic amines) is 2. The van der Waals surface area contributed by atoms with Crippen molar-refractivity contribution in [2.75, 3.05) is 40.4 Å². The predicted molar refractivity (Wildman–Crippen MR) is 98.8 cm³/mol. The van der Waals surface area contributed by atoms with E-state index in [0.29, 0.717) is 0 Å². The third-order valence-corrected chi connectivity index (χ3v) is 6.81. The van der Waals surface area contributed by atoms with E-state index in [1.165, 1.54) is 51.6 Å². The molecule has 2 heterocycles. The fourth-order valence-electron chi connectivity index (χ4n) is 4.75. The number of methoxy groups -OCH3 is 1. The van der Waals surface area contributed by atoms with Gasteiger partial charge in [-0.15, -0.1) is 0 Å². The summed E-state index contributed by atoms with van der Waals surface area (Å²) in [5.74, 6) is 2.73. The average Bonchev–Trinajstić information content (AvgIpc) is 3.02. The van der Waals surface area contributed by atoms with Gasteiger partial charge in [0.25, 0.3) is 0 Å². The molecule has 3 unspecified atom stereocenters. The van der Waals surface area contributed by atoms with Crippen molar-refractivity contribution in [2.45, 2.75) is 71.4 Å². The molecule has 0 radical (unpaired) electrons. The molecule has 3 heteroatoms. The lowest BCUT2D eigenvalue weighted by Crippen LogP contribution is -2.45. The quantitative estimate of drug-likeness (QED) is 0.674. The van der Waals surface area contributed by atoms with Crippen LogP contribution in [0.5, 0.6) is 0 Å². The van der Waals surface area contributed by atoms with E-state index < -0.39 is 0 Å². The highest BCUT2D eigenvalue weighted by Gasteiger charge is 2.31. The Morgan fingerprint density at radius 2 is 2.04 bits per heavy atom. The SMILES string of the molecule is CCC1C[C@@H](CCC(C)C2CCN(CCOC)C2)N(C)[C@@H](C)C1.